The first-order valence-electron chi connectivity index (χ1n) is 9.63. The minimum absolute atomic E-state index is 0.354. The van der Waals surface area contributed by atoms with Crippen LogP contribution in [0.2, 0.25) is 0 Å². The number of anilines is 3. The SMILES string of the molecule is Cc1cc(N2CCN(c3cccc(C(F)(F)F)n3)CC2)nc(N2CCOCC2)n1. The van der Waals surface area contributed by atoms with Crippen molar-refractivity contribution in [1.82, 2.24) is 15.0 Å². The largest absolute Gasteiger partial charge is 0.433 e. The number of rotatable bonds is 3. The van der Waals surface area contributed by atoms with Gasteiger partial charge < -0.3 is 19.4 Å². The minimum Gasteiger partial charge on any atom is -0.378 e. The van der Waals surface area contributed by atoms with Crippen molar-refractivity contribution < 1.29 is 17.9 Å². The molecule has 29 heavy (non-hydrogen) atoms. The predicted octanol–water partition coefficient (Wildman–Crippen LogP) is 2.36. The van der Waals surface area contributed by atoms with E-state index in [0.717, 1.165) is 30.7 Å². The van der Waals surface area contributed by atoms with Gasteiger partial charge in [0.1, 0.15) is 17.3 Å². The van der Waals surface area contributed by atoms with Crippen molar-refractivity contribution in [1.29, 1.82) is 0 Å². The maximum absolute atomic E-state index is 12.9. The van der Waals surface area contributed by atoms with Crippen LogP contribution in [0.4, 0.5) is 30.8 Å². The highest BCUT2D eigenvalue weighted by Gasteiger charge is 2.33. The molecule has 2 aromatic heterocycles. The Bertz CT molecular complexity index is 848. The number of halogens is 3. The van der Waals surface area contributed by atoms with Crippen LogP contribution in [0.25, 0.3) is 0 Å². The van der Waals surface area contributed by atoms with Gasteiger partial charge in [0.15, 0.2) is 0 Å². The highest BCUT2D eigenvalue weighted by atomic mass is 19.4. The molecule has 2 aliphatic heterocycles. The number of pyridine rings is 1. The first-order valence-corrected chi connectivity index (χ1v) is 9.63. The van der Waals surface area contributed by atoms with Crippen molar-refractivity contribution in [2.45, 2.75) is 13.1 Å². The van der Waals surface area contributed by atoms with E-state index in [2.05, 4.69) is 19.8 Å². The summed E-state index contributed by atoms with van der Waals surface area (Å²) < 4.78 is 44.2. The Hall–Kier alpha value is -2.62. The van der Waals surface area contributed by atoms with E-state index in [1.54, 1.807) is 6.07 Å². The molecule has 0 radical (unpaired) electrons. The summed E-state index contributed by atoms with van der Waals surface area (Å²) in [5, 5.41) is 0. The molecule has 2 fully saturated rings. The average molecular weight is 408 g/mol. The second kappa shape index (κ2) is 8.02. The number of piperazine rings is 1. The van der Waals surface area contributed by atoms with E-state index in [4.69, 9.17) is 9.72 Å². The summed E-state index contributed by atoms with van der Waals surface area (Å²) in [6, 6.07) is 5.97. The van der Waals surface area contributed by atoms with Crippen LogP contribution in [0.5, 0.6) is 0 Å². The summed E-state index contributed by atoms with van der Waals surface area (Å²) in [6.07, 6.45) is -4.44. The Morgan fingerprint density at radius 1 is 0.828 bits per heavy atom. The molecule has 0 unspecified atom stereocenters. The molecule has 0 atom stereocenters. The summed E-state index contributed by atoms with van der Waals surface area (Å²) >= 11 is 0. The number of ether oxygens (including phenoxy) is 1. The third kappa shape index (κ3) is 4.52. The lowest BCUT2D eigenvalue weighted by atomic mass is 10.2. The number of hydrogen-bond acceptors (Lipinski definition) is 7. The van der Waals surface area contributed by atoms with Gasteiger partial charge in [-0.05, 0) is 19.1 Å². The molecule has 156 valence electrons. The van der Waals surface area contributed by atoms with Gasteiger partial charge >= 0.3 is 6.18 Å². The highest BCUT2D eigenvalue weighted by Crippen LogP contribution is 2.29. The number of alkyl halides is 3. The lowest BCUT2D eigenvalue weighted by molar-refractivity contribution is -0.141. The van der Waals surface area contributed by atoms with Crippen molar-refractivity contribution in [3.8, 4) is 0 Å². The van der Waals surface area contributed by atoms with Gasteiger partial charge in [0, 0.05) is 51.0 Å². The topological polar surface area (TPSA) is 57.6 Å². The second-order valence-corrected chi connectivity index (χ2v) is 7.12. The molecule has 4 heterocycles. The van der Waals surface area contributed by atoms with Crippen LogP contribution in [-0.2, 0) is 10.9 Å². The van der Waals surface area contributed by atoms with Gasteiger partial charge in [-0.3, -0.25) is 0 Å². The lowest BCUT2D eigenvalue weighted by Crippen LogP contribution is -2.47. The smallest absolute Gasteiger partial charge is 0.378 e. The zero-order valence-corrected chi connectivity index (χ0v) is 16.2. The van der Waals surface area contributed by atoms with E-state index in [0.29, 0.717) is 51.2 Å². The van der Waals surface area contributed by atoms with Gasteiger partial charge in [0.25, 0.3) is 0 Å². The van der Waals surface area contributed by atoms with E-state index in [1.807, 2.05) is 17.9 Å². The van der Waals surface area contributed by atoms with Gasteiger partial charge in [-0.1, -0.05) is 6.07 Å². The molecule has 10 heteroatoms. The fraction of sp³-hybridized carbons (Fsp3) is 0.526. The molecule has 0 N–H and O–H groups in total. The molecular weight excluding hydrogens is 385 g/mol. The molecule has 0 bridgehead atoms. The molecule has 0 amide bonds. The van der Waals surface area contributed by atoms with Gasteiger partial charge in [-0.15, -0.1) is 0 Å². The van der Waals surface area contributed by atoms with Crippen LogP contribution in [0.1, 0.15) is 11.4 Å². The van der Waals surface area contributed by atoms with Gasteiger partial charge in [-0.2, -0.15) is 18.2 Å². The third-order valence-corrected chi connectivity index (χ3v) is 5.08. The summed E-state index contributed by atoms with van der Waals surface area (Å²) in [6.45, 7) is 7.24. The molecule has 0 aromatic carbocycles. The van der Waals surface area contributed by atoms with Crippen molar-refractivity contribution in [3.63, 3.8) is 0 Å². The Morgan fingerprint density at radius 3 is 2.14 bits per heavy atom. The highest BCUT2D eigenvalue weighted by molar-refractivity contribution is 5.49. The Balaban J connectivity index is 1.45. The van der Waals surface area contributed by atoms with E-state index in [1.165, 1.54) is 6.07 Å². The van der Waals surface area contributed by atoms with E-state index < -0.39 is 11.9 Å². The summed E-state index contributed by atoms with van der Waals surface area (Å²) in [5.41, 5.74) is 0.0254. The molecule has 2 saturated heterocycles. The number of aryl methyl sites for hydroxylation is 1. The van der Waals surface area contributed by atoms with Crippen LogP contribution < -0.4 is 14.7 Å². The first-order chi connectivity index (χ1) is 13.9. The van der Waals surface area contributed by atoms with Gasteiger partial charge in [0.05, 0.1) is 13.2 Å². The first kappa shape index (κ1) is 19.7. The standard InChI is InChI=1S/C19H23F3N6O/c1-14-13-17(25-18(23-14)28-9-11-29-12-10-28)27-7-5-26(6-8-27)16-4-2-3-15(24-16)19(20,21)22/h2-4,13H,5-12H2,1H3. The summed E-state index contributed by atoms with van der Waals surface area (Å²) in [4.78, 5) is 19.2. The zero-order chi connectivity index (χ0) is 20.4. The van der Waals surface area contributed by atoms with Crippen molar-refractivity contribution in [2.24, 2.45) is 0 Å². The van der Waals surface area contributed by atoms with E-state index in [9.17, 15) is 13.2 Å². The molecule has 0 aliphatic carbocycles. The molecule has 2 aromatic rings. The Labute approximate surface area is 167 Å². The third-order valence-electron chi connectivity index (χ3n) is 5.08. The normalized spacial score (nSPS) is 18.3. The van der Waals surface area contributed by atoms with E-state index >= 15 is 0 Å². The number of hydrogen-bond donors (Lipinski definition) is 0. The number of morpholine rings is 1. The van der Waals surface area contributed by atoms with Crippen LogP contribution in [0.3, 0.4) is 0 Å². The zero-order valence-electron chi connectivity index (χ0n) is 16.2. The summed E-state index contributed by atoms with van der Waals surface area (Å²) in [5.74, 6) is 1.90. The lowest BCUT2D eigenvalue weighted by Gasteiger charge is -2.36. The summed E-state index contributed by atoms with van der Waals surface area (Å²) in [7, 11) is 0. The molecule has 0 spiro atoms. The van der Waals surface area contributed by atoms with Crippen LogP contribution in [0.15, 0.2) is 24.3 Å². The van der Waals surface area contributed by atoms with Crippen molar-refractivity contribution in [2.75, 3.05) is 67.2 Å². The fourth-order valence-corrected chi connectivity index (χ4v) is 3.53. The molecule has 2 aliphatic rings. The van der Waals surface area contributed by atoms with E-state index in [-0.39, 0.29) is 0 Å². The van der Waals surface area contributed by atoms with Crippen molar-refractivity contribution in [3.05, 3.63) is 35.7 Å². The maximum atomic E-state index is 12.9. The molecule has 7 nitrogen and oxygen atoms in total. The minimum atomic E-state index is -4.44. The quantitative estimate of drug-likeness (QED) is 0.773. The molecule has 4 rings (SSSR count). The second-order valence-electron chi connectivity index (χ2n) is 7.12. The Morgan fingerprint density at radius 2 is 1.48 bits per heavy atom. The Kier molecular flexibility index (Phi) is 5.44. The van der Waals surface area contributed by atoms with Crippen molar-refractivity contribution >= 4 is 17.6 Å². The number of nitrogens with zero attached hydrogens (tertiary/aromatic N) is 6. The molecular formula is C19H23F3N6O. The number of aromatic nitrogens is 3. The van der Waals surface area contributed by atoms with Gasteiger partial charge in [-0.25, -0.2) is 9.97 Å². The average Bonchev–Trinajstić information content (AvgIpc) is 2.73. The van der Waals surface area contributed by atoms with Gasteiger partial charge in [0.2, 0.25) is 5.95 Å². The van der Waals surface area contributed by atoms with Crippen LogP contribution in [0, 0.1) is 6.92 Å². The monoisotopic (exact) mass is 408 g/mol. The maximum Gasteiger partial charge on any atom is 0.433 e. The predicted molar refractivity (Wildman–Crippen MR) is 103 cm³/mol. The fourth-order valence-electron chi connectivity index (χ4n) is 3.53. The molecule has 0 saturated carbocycles. The van der Waals surface area contributed by atoms with Crippen LogP contribution in [-0.4, -0.2) is 67.4 Å². The van der Waals surface area contributed by atoms with Crippen LogP contribution >= 0.6 is 0 Å².